The molecule has 2 heterocycles. The van der Waals surface area contributed by atoms with Gasteiger partial charge in [0.1, 0.15) is 5.75 Å². The minimum Gasteiger partial charge on any atom is -0.497 e. The fraction of sp³-hybridized carbons (Fsp3) is 0.545. The van der Waals surface area contributed by atoms with Crippen LogP contribution in [0.3, 0.4) is 0 Å². The number of methoxy groups -OCH3 is 1. The number of ether oxygens (including phenoxy) is 1. The number of rotatable bonds is 4. The van der Waals surface area contributed by atoms with Gasteiger partial charge in [-0.15, -0.1) is 0 Å². The van der Waals surface area contributed by atoms with E-state index in [-0.39, 0.29) is 12.5 Å². The van der Waals surface area contributed by atoms with Gasteiger partial charge in [-0.25, -0.2) is 0 Å². The average molecular weight is 384 g/mol. The third kappa shape index (κ3) is 3.15. The van der Waals surface area contributed by atoms with Gasteiger partial charge in [-0.05, 0) is 50.8 Å². The van der Waals surface area contributed by atoms with E-state index in [2.05, 4.69) is 4.57 Å². The molecule has 0 bridgehead atoms. The van der Waals surface area contributed by atoms with Crippen LogP contribution in [0.5, 0.6) is 5.75 Å². The van der Waals surface area contributed by atoms with Gasteiger partial charge < -0.3 is 19.3 Å². The lowest BCUT2D eigenvalue weighted by Crippen LogP contribution is -2.42. The van der Waals surface area contributed by atoms with Gasteiger partial charge in [0.05, 0.1) is 18.6 Å². The van der Waals surface area contributed by atoms with Gasteiger partial charge in [0, 0.05) is 35.7 Å². The predicted molar refractivity (Wildman–Crippen MR) is 107 cm³/mol. The van der Waals surface area contributed by atoms with Crippen molar-refractivity contribution in [2.75, 3.05) is 20.2 Å². The summed E-state index contributed by atoms with van der Waals surface area (Å²) >= 11 is 0. The number of hydrogen-bond acceptors (Lipinski definition) is 3. The van der Waals surface area contributed by atoms with Crippen molar-refractivity contribution >= 4 is 22.8 Å². The normalized spacial score (nSPS) is 20.6. The van der Waals surface area contributed by atoms with Gasteiger partial charge in [0.2, 0.25) is 0 Å². The Labute approximate surface area is 165 Å². The fourth-order valence-corrected chi connectivity index (χ4v) is 4.97. The minimum absolute atomic E-state index is 0.0570. The molecule has 1 aliphatic carbocycles. The lowest BCUT2D eigenvalue weighted by molar-refractivity contribution is -0.143. The topological polar surface area (TPSA) is 71.8 Å². The molecule has 6 heteroatoms. The summed E-state index contributed by atoms with van der Waals surface area (Å²) in [6.07, 6.45) is 6.07. The molecule has 1 saturated carbocycles. The van der Waals surface area contributed by atoms with Gasteiger partial charge in [-0.1, -0.05) is 12.8 Å². The molecule has 4 rings (SSSR count). The SMILES string of the molecule is COc1ccc2c(c1)c(C(=O)N1CCCC(C(=O)O)C1)c(C)n2C1CCCC1. The van der Waals surface area contributed by atoms with Crippen LogP contribution in [0, 0.1) is 12.8 Å². The minimum atomic E-state index is -0.815. The summed E-state index contributed by atoms with van der Waals surface area (Å²) in [6.45, 7) is 2.92. The van der Waals surface area contributed by atoms with E-state index < -0.39 is 11.9 Å². The molecule has 0 spiro atoms. The van der Waals surface area contributed by atoms with Crippen LogP contribution in [0.2, 0.25) is 0 Å². The molecule has 1 atom stereocenters. The molecule has 1 aliphatic heterocycles. The molecule has 28 heavy (non-hydrogen) atoms. The largest absolute Gasteiger partial charge is 0.497 e. The van der Waals surface area contributed by atoms with Crippen LogP contribution < -0.4 is 4.74 Å². The molecule has 1 aromatic heterocycles. The zero-order chi connectivity index (χ0) is 19.8. The highest BCUT2D eigenvalue weighted by molar-refractivity contribution is 6.09. The van der Waals surface area contributed by atoms with Crippen molar-refractivity contribution in [2.45, 2.75) is 51.5 Å². The summed E-state index contributed by atoms with van der Waals surface area (Å²) < 4.78 is 7.74. The molecule has 1 saturated heterocycles. The van der Waals surface area contributed by atoms with E-state index in [0.29, 0.717) is 24.6 Å². The first-order chi connectivity index (χ1) is 13.5. The summed E-state index contributed by atoms with van der Waals surface area (Å²) in [5.74, 6) is -0.620. The molecular weight excluding hydrogens is 356 g/mol. The number of hydrogen-bond donors (Lipinski definition) is 1. The second-order valence-electron chi connectivity index (χ2n) is 8.08. The maximum atomic E-state index is 13.5. The van der Waals surface area contributed by atoms with E-state index in [1.165, 1.54) is 12.8 Å². The van der Waals surface area contributed by atoms with E-state index in [1.54, 1.807) is 12.0 Å². The van der Waals surface area contributed by atoms with Crippen molar-refractivity contribution in [1.29, 1.82) is 0 Å². The third-order valence-electron chi connectivity index (χ3n) is 6.42. The number of benzene rings is 1. The van der Waals surface area contributed by atoms with Gasteiger partial charge in [-0.3, -0.25) is 9.59 Å². The van der Waals surface area contributed by atoms with Gasteiger partial charge in [-0.2, -0.15) is 0 Å². The van der Waals surface area contributed by atoms with Crippen molar-refractivity contribution in [3.05, 3.63) is 29.5 Å². The van der Waals surface area contributed by atoms with Crippen LogP contribution in [0.15, 0.2) is 18.2 Å². The highest BCUT2D eigenvalue weighted by Gasteiger charge is 2.32. The summed E-state index contributed by atoms with van der Waals surface area (Å²) in [4.78, 5) is 26.7. The van der Waals surface area contributed by atoms with Crippen molar-refractivity contribution in [2.24, 2.45) is 5.92 Å². The van der Waals surface area contributed by atoms with Crippen molar-refractivity contribution in [3.63, 3.8) is 0 Å². The summed E-state index contributed by atoms with van der Waals surface area (Å²) in [5, 5.41) is 10.3. The molecule has 1 unspecified atom stereocenters. The summed E-state index contributed by atoms with van der Waals surface area (Å²) in [7, 11) is 1.63. The fourth-order valence-electron chi connectivity index (χ4n) is 4.97. The van der Waals surface area contributed by atoms with E-state index in [0.717, 1.165) is 41.6 Å². The molecule has 0 radical (unpaired) electrons. The standard InChI is InChI=1S/C22H28N2O4/c1-14-20(21(25)23-11-5-6-15(13-23)22(26)27)18-12-17(28-2)9-10-19(18)24(14)16-7-3-4-8-16/h9-10,12,15-16H,3-8,11,13H2,1-2H3,(H,26,27). The Kier molecular flexibility index (Phi) is 5.04. The number of piperidine rings is 1. The second-order valence-corrected chi connectivity index (χ2v) is 8.08. The number of nitrogens with zero attached hydrogens (tertiary/aromatic N) is 2. The van der Waals surface area contributed by atoms with E-state index in [1.807, 2.05) is 25.1 Å². The Balaban J connectivity index is 1.79. The maximum Gasteiger partial charge on any atom is 0.308 e. The van der Waals surface area contributed by atoms with Crippen LogP contribution in [0.1, 0.15) is 60.6 Å². The summed E-state index contributed by atoms with van der Waals surface area (Å²) in [6, 6.07) is 6.36. The first-order valence-electron chi connectivity index (χ1n) is 10.2. The van der Waals surface area contributed by atoms with Crippen LogP contribution in [-0.2, 0) is 4.79 Å². The molecule has 1 amide bonds. The zero-order valence-corrected chi connectivity index (χ0v) is 16.6. The number of aliphatic carboxylic acids is 1. The number of amides is 1. The van der Waals surface area contributed by atoms with E-state index in [4.69, 9.17) is 4.74 Å². The van der Waals surface area contributed by atoms with Crippen molar-refractivity contribution in [3.8, 4) is 5.75 Å². The molecule has 2 fully saturated rings. The predicted octanol–water partition coefficient (Wildman–Crippen LogP) is 4.01. The van der Waals surface area contributed by atoms with Crippen molar-refractivity contribution < 1.29 is 19.4 Å². The molecule has 1 N–H and O–H groups in total. The first kappa shape index (κ1) is 18.8. The Hall–Kier alpha value is -2.50. The Bertz CT molecular complexity index is 911. The molecule has 6 nitrogen and oxygen atoms in total. The Morgan fingerprint density at radius 2 is 1.89 bits per heavy atom. The van der Waals surface area contributed by atoms with Crippen LogP contribution in [0.25, 0.3) is 10.9 Å². The first-order valence-corrected chi connectivity index (χ1v) is 10.2. The second kappa shape index (κ2) is 7.49. The lowest BCUT2D eigenvalue weighted by atomic mass is 9.97. The monoisotopic (exact) mass is 384 g/mol. The molecule has 2 aliphatic rings. The van der Waals surface area contributed by atoms with E-state index in [9.17, 15) is 14.7 Å². The van der Waals surface area contributed by atoms with Crippen LogP contribution in [0.4, 0.5) is 0 Å². The summed E-state index contributed by atoms with van der Waals surface area (Å²) in [5.41, 5.74) is 2.75. The molecule has 1 aromatic carbocycles. The van der Waals surface area contributed by atoms with Gasteiger partial charge in [0.15, 0.2) is 0 Å². The van der Waals surface area contributed by atoms with Crippen LogP contribution in [-0.4, -0.2) is 46.6 Å². The molecule has 150 valence electrons. The van der Waals surface area contributed by atoms with Crippen LogP contribution >= 0.6 is 0 Å². The lowest BCUT2D eigenvalue weighted by Gasteiger charge is -2.31. The number of carbonyl (C=O) groups is 2. The van der Waals surface area contributed by atoms with E-state index >= 15 is 0 Å². The number of carboxylic acids is 1. The number of carboxylic acid groups (broad SMARTS) is 1. The number of aromatic nitrogens is 1. The Morgan fingerprint density at radius 3 is 2.57 bits per heavy atom. The number of carbonyl (C=O) groups excluding carboxylic acids is 1. The van der Waals surface area contributed by atoms with Crippen molar-refractivity contribution in [1.82, 2.24) is 9.47 Å². The average Bonchev–Trinajstić information content (AvgIpc) is 3.32. The number of fused-ring (bicyclic) bond motifs is 1. The highest BCUT2D eigenvalue weighted by atomic mass is 16.5. The highest BCUT2D eigenvalue weighted by Crippen LogP contribution is 2.38. The third-order valence-corrected chi connectivity index (χ3v) is 6.42. The molecule has 2 aromatic rings. The quantitative estimate of drug-likeness (QED) is 0.864. The molecular formula is C22H28N2O4. The van der Waals surface area contributed by atoms with Gasteiger partial charge >= 0.3 is 5.97 Å². The van der Waals surface area contributed by atoms with Gasteiger partial charge in [0.25, 0.3) is 5.91 Å². The zero-order valence-electron chi connectivity index (χ0n) is 16.6. The smallest absolute Gasteiger partial charge is 0.308 e. The number of likely N-dealkylation sites (tertiary alicyclic amines) is 1. The maximum absolute atomic E-state index is 13.5. The Morgan fingerprint density at radius 1 is 1.14 bits per heavy atom.